The van der Waals surface area contributed by atoms with E-state index in [1.54, 1.807) is 4.57 Å². The smallest absolute Gasteiger partial charge is 0.197 e. The topological polar surface area (TPSA) is 76.7 Å². The lowest BCUT2D eigenvalue weighted by atomic mass is 10.2. The molecule has 0 spiro atoms. The van der Waals surface area contributed by atoms with Gasteiger partial charge in [0.1, 0.15) is 18.0 Å². The van der Waals surface area contributed by atoms with Gasteiger partial charge in [0.2, 0.25) is 0 Å². The molecule has 1 N–H and O–H groups in total. The van der Waals surface area contributed by atoms with Crippen LogP contribution in [0.3, 0.4) is 0 Å². The van der Waals surface area contributed by atoms with Gasteiger partial charge in [-0.05, 0) is 30.0 Å². The minimum Gasteiger partial charge on any atom is -0.388 e. The summed E-state index contributed by atoms with van der Waals surface area (Å²) in [4.78, 5) is 8.55. The van der Waals surface area contributed by atoms with Crippen molar-refractivity contribution < 1.29 is 5.11 Å². The minimum absolute atomic E-state index is 0.139. The summed E-state index contributed by atoms with van der Waals surface area (Å²) in [5, 5.41) is 19.5. The maximum Gasteiger partial charge on any atom is 0.197 e. The van der Waals surface area contributed by atoms with Crippen LogP contribution in [0.1, 0.15) is 5.82 Å². The molecule has 0 aliphatic rings. The lowest BCUT2D eigenvalue weighted by molar-refractivity contribution is 0.266. The van der Waals surface area contributed by atoms with Crippen molar-refractivity contribution in [3.63, 3.8) is 0 Å². The summed E-state index contributed by atoms with van der Waals surface area (Å²) < 4.78 is 2.71. The van der Waals surface area contributed by atoms with E-state index in [4.69, 9.17) is 5.11 Å². The predicted octanol–water partition coefficient (Wildman–Crippen LogP) is 2.16. The third kappa shape index (κ3) is 2.41. The molecule has 6 nitrogen and oxygen atoms in total. The first kappa shape index (κ1) is 13.5. The van der Waals surface area contributed by atoms with Crippen LogP contribution in [-0.2, 0) is 13.7 Å². The van der Waals surface area contributed by atoms with E-state index in [0.717, 1.165) is 20.4 Å². The van der Waals surface area contributed by atoms with Crippen LogP contribution in [0.4, 0.5) is 0 Å². The second kappa shape index (κ2) is 5.47. The van der Waals surface area contributed by atoms with Crippen LogP contribution >= 0.6 is 27.7 Å². The summed E-state index contributed by atoms with van der Waals surface area (Å²) >= 11 is 4.85. The van der Waals surface area contributed by atoms with Gasteiger partial charge in [-0.2, -0.15) is 0 Å². The molecule has 0 bridgehead atoms. The average molecular weight is 352 g/mol. The lowest BCUT2D eigenvalue weighted by Gasteiger charge is -2.05. The lowest BCUT2D eigenvalue weighted by Crippen LogP contribution is -1.98. The highest BCUT2D eigenvalue weighted by Gasteiger charge is 2.12. The Labute approximate surface area is 127 Å². The summed E-state index contributed by atoms with van der Waals surface area (Å²) in [5.41, 5.74) is 0.871. The van der Waals surface area contributed by atoms with Crippen molar-refractivity contribution >= 4 is 38.6 Å². The standard InChI is InChI=1S/C12H10BrN5OS/c1-18-10(5-19)16-17-12(18)20-11-8-4-7(13)2-3-9(8)14-6-15-11/h2-4,6,19H,5H2,1H3. The van der Waals surface area contributed by atoms with Gasteiger partial charge in [-0.3, -0.25) is 0 Å². The Bertz CT molecular complexity index is 776. The fourth-order valence-electron chi connectivity index (χ4n) is 1.74. The summed E-state index contributed by atoms with van der Waals surface area (Å²) in [6, 6.07) is 5.85. The van der Waals surface area contributed by atoms with E-state index in [2.05, 4.69) is 36.1 Å². The Kier molecular flexibility index (Phi) is 3.68. The molecule has 0 aliphatic carbocycles. The quantitative estimate of drug-likeness (QED) is 0.728. The molecule has 2 heterocycles. The first-order chi connectivity index (χ1) is 9.69. The van der Waals surface area contributed by atoms with Gasteiger partial charge in [-0.15, -0.1) is 10.2 Å². The van der Waals surface area contributed by atoms with Gasteiger partial charge < -0.3 is 9.67 Å². The van der Waals surface area contributed by atoms with Crippen LogP contribution in [0.15, 0.2) is 39.2 Å². The molecule has 0 unspecified atom stereocenters. The highest BCUT2D eigenvalue weighted by Crippen LogP contribution is 2.31. The largest absolute Gasteiger partial charge is 0.388 e. The molecule has 3 rings (SSSR count). The van der Waals surface area contributed by atoms with E-state index >= 15 is 0 Å². The van der Waals surface area contributed by atoms with E-state index in [-0.39, 0.29) is 6.61 Å². The first-order valence-electron chi connectivity index (χ1n) is 5.76. The van der Waals surface area contributed by atoms with E-state index in [0.29, 0.717) is 11.0 Å². The van der Waals surface area contributed by atoms with Crippen molar-refractivity contribution in [1.29, 1.82) is 0 Å². The van der Waals surface area contributed by atoms with Crippen molar-refractivity contribution in [2.24, 2.45) is 7.05 Å². The third-order valence-electron chi connectivity index (χ3n) is 2.82. The number of halogens is 1. The van der Waals surface area contributed by atoms with E-state index in [9.17, 15) is 0 Å². The van der Waals surface area contributed by atoms with Gasteiger partial charge in [0.05, 0.1) is 5.52 Å². The van der Waals surface area contributed by atoms with Crippen LogP contribution in [-0.4, -0.2) is 29.8 Å². The molecule has 0 amide bonds. The fourth-order valence-corrected chi connectivity index (χ4v) is 2.98. The number of benzene rings is 1. The number of aromatic nitrogens is 5. The molecule has 0 saturated carbocycles. The molecule has 0 saturated heterocycles. The van der Waals surface area contributed by atoms with Crippen molar-refractivity contribution in [1.82, 2.24) is 24.7 Å². The van der Waals surface area contributed by atoms with Crippen LogP contribution in [0.2, 0.25) is 0 Å². The van der Waals surface area contributed by atoms with Gasteiger partial charge in [0.25, 0.3) is 0 Å². The summed E-state index contributed by atoms with van der Waals surface area (Å²) in [6.07, 6.45) is 1.53. The number of aliphatic hydroxyl groups is 1. The number of rotatable bonds is 3. The molecule has 2 aromatic heterocycles. The van der Waals surface area contributed by atoms with Gasteiger partial charge >= 0.3 is 0 Å². The summed E-state index contributed by atoms with van der Waals surface area (Å²) in [5.74, 6) is 0.520. The van der Waals surface area contributed by atoms with Crippen LogP contribution < -0.4 is 0 Å². The molecule has 8 heteroatoms. The zero-order valence-corrected chi connectivity index (χ0v) is 12.9. The second-order valence-electron chi connectivity index (χ2n) is 4.06. The normalized spacial score (nSPS) is 11.2. The van der Waals surface area contributed by atoms with E-state index in [1.807, 2.05) is 25.2 Å². The average Bonchev–Trinajstić information content (AvgIpc) is 2.80. The van der Waals surface area contributed by atoms with Crippen LogP contribution in [0.25, 0.3) is 10.9 Å². The number of aliphatic hydroxyl groups excluding tert-OH is 1. The minimum atomic E-state index is -0.139. The highest BCUT2D eigenvalue weighted by atomic mass is 79.9. The van der Waals surface area contributed by atoms with Gasteiger partial charge in [-0.25, -0.2) is 9.97 Å². The zero-order chi connectivity index (χ0) is 14.1. The molecular formula is C12H10BrN5OS. The van der Waals surface area contributed by atoms with Gasteiger partial charge in [-0.1, -0.05) is 15.9 Å². The first-order valence-corrected chi connectivity index (χ1v) is 7.37. The van der Waals surface area contributed by atoms with Crippen molar-refractivity contribution in [2.45, 2.75) is 16.8 Å². The monoisotopic (exact) mass is 351 g/mol. The molecule has 3 aromatic rings. The Hall–Kier alpha value is -1.51. The van der Waals surface area contributed by atoms with E-state index < -0.39 is 0 Å². The Morgan fingerprint density at radius 1 is 1.30 bits per heavy atom. The molecule has 1 aromatic carbocycles. The van der Waals surface area contributed by atoms with Crippen molar-refractivity contribution in [2.75, 3.05) is 0 Å². The summed E-state index contributed by atoms with van der Waals surface area (Å²) in [7, 11) is 1.81. The number of hydrogen-bond donors (Lipinski definition) is 1. The SMILES string of the molecule is Cn1c(CO)nnc1Sc1ncnc2ccc(Br)cc12. The Morgan fingerprint density at radius 2 is 2.15 bits per heavy atom. The number of fused-ring (bicyclic) bond motifs is 1. The molecule has 0 fully saturated rings. The molecule has 0 aliphatic heterocycles. The zero-order valence-electron chi connectivity index (χ0n) is 10.5. The molecule has 0 atom stereocenters. The van der Waals surface area contributed by atoms with E-state index in [1.165, 1.54) is 18.1 Å². The molecule has 102 valence electrons. The van der Waals surface area contributed by atoms with Crippen molar-refractivity contribution in [3.05, 3.63) is 34.8 Å². The maximum absolute atomic E-state index is 9.14. The van der Waals surface area contributed by atoms with Gasteiger partial charge in [0, 0.05) is 16.9 Å². The number of nitrogens with zero attached hydrogens (tertiary/aromatic N) is 5. The molecular weight excluding hydrogens is 342 g/mol. The molecule has 0 radical (unpaired) electrons. The predicted molar refractivity (Wildman–Crippen MR) is 78.3 cm³/mol. The highest BCUT2D eigenvalue weighted by molar-refractivity contribution is 9.10. The third-order valence-corrected chi connectivity index (χ3v) is 4.37. The Morgan fingerprint density at radius 3 is 2.90 bits per heavy atom. The maximum atomic E-state index is 9.14. The summed E-state index contributed by atoms with van der Waals surface area (Å²) in [6.45, 7) is -0.139. The second-order valence-corrected chi connectivity index (χ2v) is 5.93. The number of hydrogen-bond acceptors (Lipinski definition) is 6. The fraction of sp³-hybridized carbons (Fsp3) is 0.167. The van der Waals surface area contributed by atoms with Crippen LogP contribution in [0, 0.1) is 0 Å². The molecule has 20 heavy (non-hydrogen) atoms. The van der Waals surface area contributed by atoms with Gasteiger partial charge in [0.15, 0.2) is 11.0 Å². The Balaban J connectivity index is 2.06. The van der Waals surface area contributed by atoms with Crippen molar-refractivity contribution in [3.8, 4) is 0 Å². The van der Waals surface area contributed by atoms with Crippen LogP contribution in [0.5, 0.6) is 0 Å².